The molecule has 0 unspecified atom stereocenters. The molecule has 1 aromatic rings. The zero-order valence-corrected chi connectivity index (χ0v) is 7.61. The molecule has 0 spiro atoms. The number of carbonyl (C=O) groups is 1. The van der Waals surface area contributed by atoms with E-state index in [4.69, 9.17) is 5.73 Å². The number of aromatic nitrogens is 1. The van der Waals surface area contributed by atoms with Gasteiger partial charge in [0.05, 0.1) is 5.56 Å². The highest BCUT2D eigenvalue weighted by molar-refractivity contribution is 5.98. The number of nitrogens with two attached hydrogens (primary N) is 1. The second-order valence-electron chi connectivity index (χ2n) is 2.55. The second-order valence-corrected chi connectivity index (χ2v) is 2.55. The Morgan fingerprint density at radius 2 is 2.31 bits per heavy atom. The Kier molecular flexibility index (Phi) is 2.74. The molecule has 4 nitrogen and oxygen atoms in total. The van der Waals surface area contributed by atoms with Gasteiger partial charge in [-0.2, -0.15) is 0 Å². The highest BCUT2D eigenvalue weighted by Crippen LogP contribution is 2.17. The van der Waals surface area contributed by atoms with Crippen LogP contribution in [0.1, 0.15) is 24.2 Å². The van der Waals surface area contributed by atoms with Crippen molar-refractivity contribution in [1.29, 1.82) is 0 Å². The number of aliphatic imine (C=N–C) groups is 1. The summed E-state index contributed by atoms with van der Waals surface area (Å²) in [7, 11) is 0. The van der Waals surface area contributed by atoms with E-state index >= 15 is 0 Å². The number of carbonyl (C=O) groups excluding carboxylic acids is 1. The van der Waals surface area contributed by atoms with Crippen LogP contribution in [-0.2, 0) is 0 Å². The van der Waals surface area contributed by atoms with Crippen molar-refractivity contribution in [3.05, 3.63) is 17.7 Å². The van der Waals surface area contributed by atoms with Crippen LogP contribution >= 0.6 is 0 Å². The van der Waals surface area contributed by atoms with Crippen LogP contribution in [0.5, 0.6) is 0 Å². The average Bonchev–Trinajstić information content (AvgIpc) is 2.04. The van der Waals surface area contributed by atoms with Crippen molar-refractivity contribution < 1.29 is 4.79 Å². The number of ketones is 1. The van der Waals surface area contributed by atoms with Gasteiger partial charge in [0.1, 0.15) is 5.82 Å². The summed E-state index contributed by atoms with van der Waals surface area (Å²) >= 11 is 0. The lowest BCUT2D eigenvalue weighted by atomic mass is 10.2. The summed E-state index contributed by atoms with van der Waals surface area (Å²) in [5.74, 6) is 0.689. The first kappa shape index (κ1) is 9.38. The van der Waals surface area contributed by atoms with Gasteiger partial charge in [-0.05, 0) is 26.0 Å². The summed E-state index contributed by atoms with van der Waals surface area (Å²) in [6, 6.07) is 3.22. The minimum atomic E-state index is -0.0619. The predicted molar refractivity (Wildman–Crippen MR) is 52.5 cm³/mol. The molecule has 68 valence electrons. The van der Waals surface area contributed by atoms with E-state index in [1.807, 2.05) is 0 Å². The van der Waals surface area contributed by atoms with E-state index < -0.39 is 0 Å². The lowest BCUT2D eigenvalue weighted by Gasteiger charge is -2.00. The van der Waals surface area contributed by atoms with Crippen molar-refractivity contribution >= 4 is 23.6 Å². The standard InChI is InChI=1S/C9H11N3O/c1-3-11-9-7(6(2)13)4-5-8(10)12-9/h3-5H,1-2H3,(H2,10,12). The molecule has 1 heterocycles. The third-order valence-corrected chi connectivity index (χ3v) is 1.53. The van der Waals surface area contributed by atoms with Gasteiger partial charge in [-0.25, -0.2) is 9.98 Å². The number of rotatable bonds is 2. The first-order chi connectivity index (χ1) is 6.15. The fourth-order valence-electron chi connectivity index (χ4n) is 0.959. The largest absolute Gasteiger partial charge is 0.384 e. The van der Waals surface area contributed by atoms with Crippen LogP contribution in [0.4, 0.5) is 11.6 Å². The van der Waals surface area contributed by atoms with Gasteiger partial charge in [0, 0.05) is 6.21 Å². The molecule has 0 aliphatic carbocycles. The SMILES string of the molecule is CC=Nc1nc(N)ccc1C(C)=O. The maximum absolute atomic E-state index is 11.1. The average molecular weight is 177 g/mol. The van der Waals surface area contributed by atoms with Crippen molar-refractivity contribution in [2.24, 2.45) is 4.99 Å². The molecule has 0 radical (unpaired) electrons. The fourth-order valence-corrected chi connectivity index (χ4v) is 0.959. The summed E-state index contributed by atoms with van der Waals surface area (Å²) in [5.41, 5.74) is 5.95. The number of nitrogens with zero attached hydrogens (tertiary/aromatic N) is 2. The Hall–Kier alpha value is -1.71. The Labute approximate surface area is 76.5 Å². The summed E-state index contributed by atoms with van der Waals surface area (Å²) in [4.78, 5) is 19.0. The third-order valence-electron chi connectivity index (χ3n) is 1.53. The minimum absolute atomic E-state index is 0.0619. The van der Waals surface area contributed by atoms with E-state index in [1.165, 1.54) is 6.92 Å². The fraction of sp³-hybridized carbons (Fsp3) is 0.222. The van der Waals surface area contributed by atoms with Crippen LogP contribution in [0.3, 0.4) is 0 Å². The number of Topliss-reactive ketones (excluding diaryl/α,β-unsaturated/α-hetero) is 1. The highest BCUT2D eigenvalue weighted by Gasteiger charge is 2.06. The first-order valence-electron chi connectivity index (χ1n) is 3.91. The third kappa shape index (κ3) is 2.11. The van der Waals surface area contributed by atoms with Gasteiger partial charge in [0.15, 0.2) is 11.6 Å². The molecule has 0 saturated carbocycles. The molecule has 0 aliphatic heterocycles. The molecule has 4 heteroatoms. The molecule has 1 aromatic heterocycles. The first-order valence-corrected chi connectivity index (χ1v) is 3.91. The molecular formula is C9H11N3O. The van der Waals surface area contributed by atoms with Gasteiger partial charge < -0.3 is 5.73 Å². The number of hydrogen-bond donors (Lipinski definition) is 1. The highest BCUT2D eigenvalue weighted by atomic mass is 16.1. The molecule has 13 heavy (non-hydrogen) atoms. The Balaban J connectivity index is 3.26. The van der Waals surface area contributed by atoms with E-state index in [-0.39, 0.29) is 5.78 Å². The molecule has 0 aliphatic rings. The predicted octanol–water partition coefficient (Wildman–Crippen LogP) is 1.59. The van der Waals surface area contributed by atoms with E-state index in [0.717, 1.165) is 0 Å². The molecule has 2 N–H and O–H groups in total. The van der Waals surface area contributed by atoms with Crippen LogP contribution in [0.15, 0.2) is 17.1 Å². The lowest BCUT2D eigenvalue weighted by Crippen LogP contribution is -1.97. The molecule has 0 saturated heterocycles. The Morgan fingerprint density at radius 1 is 1.62 bits per heavy atom. The molecule has 0 aromatic carbocycles. The van der Waals surface area contributed by atoms with E-state index in [9.17, 15) is 4.79 Å². The second kappa shape index (κ2) is 3.80. The van der Waals surface area contributed by atoms with Crippen molar-refractivity contribution in [3.8, 4) is 0 Å². The van der Waals surface area contributed by atoms with Crippen LogP contribution < -0.4 is 5.73 Å². The van der Waals surface area contributed by atoms with E-state index in [2.05, 4.69) is 9.98 Å². The van der Waals surface area contributed by atoms with Crippen LogP contribution in [0.2, 0.25) is 0 Å². The summed E-state index contributed by atoms with van der Waals surface area (Å²) < 4.78 is 0. The monoisotopic (exact) mass is 177 g/mol. The van der Waals surface area contributed by atoms with Crippen LogP contribution in [0, 0.1) is 0 Å². The van der Waals surface area contributed by atoms with Crippen molar-refractivity contribution in [2.45, 2.75) is 13.8 Å². The normalized spacial score (nSPS) is 10.6. The van der Waals surface area contributed by atoms with Gasteiger partial charge in [-0.3, -0.25) is 4.79 Å². The Bertz CT molecular complexity index is 358. The topological polar surface area (TPSA) is 68.3 Å². The van der Waals surface area contributed by atoms with Crippen molar-refractivity contribution in [3.63, 3.8) is 0 Å². The molecular weight excluding hydrogens is 166 g/mol. The quantitative estimate of drug-likeness (QED) is 0.551. The molecule has 0 atom stereocenters. The van der Waals surface area contributed by atoms with Crippen LogP contribution in [-0.4, -0.2) is 17.0 Å². The summed E-state index contributed by atoms with van der Waals surface area (Å²) in [6.07, 6.45) is 1.58. The number of pyridine rings is 1. The molecule has 0 fully saturated rings. The van der Waals surface area contributed by atoms with Gasteiger partial charge in [0.25, 0.3) is 0 Å². The lowest BCUT2D eigenvalue weighted by molar-refractivity contribution is 0.101. The maximum Gasteiger partial charge on any atom is 0.164 e. The Morgan fingerprint density at radius 3 is 2.85 bits per heavy atom. The van der Waals surface area contributed by atoms with Gasteiger partial charge in [-0.15, -0.1) is 0 Å². The number of hydrogen-bond acceptors (Lipinski definition) is 4. The van der Waals surface area contributed by atoms with Gasteiger partial charge in [0.2, 0.25) is 0 Å². The van der Waals surface area contributed by atoms with E-state index in [0.29, 0.717) is 17.2 Å². The van der Waals surface area contributed by atoms with Crippen LogP contribution in [0.25, 0.3) is 0 Å². The van der Waals surface area contributed by atoms with Crippen molar-refractivity contribution in [2.75, 3.05) is 5.73 Å². The van der Waals surface area contributed by atoms with Gasteiger partial charge >= 0.3 is 0 Å². The molecule has 0 bridgehead atoms. The maximum atomic E-state index is 11.1. The molecule has 0 amide bonds. The van der Waals surface area contributed by atoms with Crippen molar-refractivity contribution in [1.82, 2.24) is 4.98 Å². The smallest absolute Gasteiger partial charge is 0.164 e. The number of nitrogen functional groups attached to an aromatic ring is 1. The minimum Gasteiger partial charge on any atom is -0.384 e. The van der Waals surface area contributed by atoms with Gasteiger partial charge in [-0.1, -0.05) is 0 Å². The summed E-state index contributed by atoms with van der Waals surface area (Å²) in [6.45, 7) is 3.23. The summed E-state index contributed by atoms with van der Waals surface area (Å²) in [5, 5.41) is 0. The zero-order valence-electron chi connectivity index (χ0n) is 7.61. The number of anilines is 1. The zero-order chi connectivity index (χ0) is 9.84. The van der Waals surface area contributed by atoms with E-state index in [1.54, 1.807) is 25.3 Å². The molecule has 1 rings (SSSR count).